The van der Waals surface area contributed by atoms with Gasteiger partial charge >= 0.3 is 0 Å². The van der Waals surface area contributed by atoms with E-state index in [9.17, 15) is 9.90 Å². The molecule has 2 aliphatic rings. The van der Waals surface area contributed by atoms with Crippen molar-refractivity contribution in [1.29, 1.82) is 0 Å². The molecule has 4 heteroatoms. The third-order valence-electron chi connectivity index (χ3n) is 5.00. The summed E-state index contributed by atoms with van der Waals surface area (Å²) in [5.74, 6) is -0.0793. The lowest BCUT2D eigenvalue weighted by Gasteiger charge is -2.33. The molecule has 0 unspecified atom stereocenters. The summed E-state index contributed by atoms with van der Waals surface area (Å²) in [6.45, 7) is 1.29. The van der Waals surface area contributed by atoms with Gasteiger partial charge in [0.05, 0.1) is 6.54 Å². The number of aliphatic hydroxyl groups is 1. The van der Waals surface area contributed by atoms with Crippen molar-refractivity contribution in [3.63, 3.8) is 0 Å². The zero-order valence-corrected chi connectivity index (χ0v) is 12.1. The molecular weight excluding hydrogens is 264 g/mol. The second-order valence-corrected chi connectivity index (χ2v) is 6.34. The lowest BCUT2D eigenvalue weighted by Crippen LogP contribution is -2.49. The third kappa shape index (κ3) is 1.97. The van der Waals surface area contributed by atoms with Crippen LogP contribution in [0.2, 0.25) is 0 Å². The number of aromatic amines is 1. The number of aromatic nitrogens is 1. The summed E-state index contributed by atoms with van der Waals surface area (Å²) in [5.41, 5.74) is 2.48. The number of carbonyl (C=O) groups excluding carboxylic acids is 1. The Morgan fingerprint density at radius 2 is 2.00 bits per heavy atom. The fraction of sp³-hybridized carbons (Fsp3) is 0.471. The molecule has 1 aliphatic carbocycles. The normalized spacial score (nSPS) is 20.7. The Labute approximate surface area is 123 Å². The molecule has 0 bridgehead atoms. The van der Waals surface area contributed by atoms with Crippen molar-refractivity contribution in [2.75, 3.05) is 6.54 Å². The molecule has 4 rings (SSSR count). The lowest BCUT2D eigenvalue weighted by atomic mass is 9.97. The van der Waals surface area contributed by atoms with Crippen molar-refractivity contribution in [2.24, 2.45) is 0 Å². The first-order valence-electron chi connectivity index (χ1n) is 7.78. The standard InChI is InChI=1S/C17H20N2O2/c20-16(17(21)8-3-4-9-17)19-10-7-13-12-5-1-2-6-14(12)18-15(13)11-19/h1-2,5-6,18,21H,3-4,7-11H2. The number of H-pyrrole nitrogens is 1. The van der Waals surface area contributed by atoms with Gasteiger partial charge in [0.25, 0.3) is 5.91 Å². The molecular formula is C17H20N2O2. The van der Waals surface area contributed by atoms with Crippen molar-refractivity contribution in [3.8, 4) is 0 Å². The minimum atomic E-state index is -1.11. The van der Waals surface area contributed by atoms with E-state index >= 15 is 0 Å². The minimum absolute atomic E-state index is 0.0793. The van der Waals surface area contributed by atoms with E-state index in [2.05, 4.69) is 23.2 Å². The van der Waals surface area contributed by atoms with Gasteiger partial charge in [0.15, 0.2) is 0 Å². The van der Waals surface area contributed by atoms with E-state index in [-0.39, 0.29) is 5.91 Å². The van der Waals surface area contributed by atoms with Crippen molar-refractivity contribution < 1.29 is 9.90 Å². The van der Waals surface area contributed by atoms with E-state index in [0.717, 1.165) is 30.5 Å². The largest absolute Gasteiger partial charge is 0.380 e. The molecule has 0 atom stereocenters. The summed E-state index contributed by atoms with van der Waals surface area (Å²) < 4.78 is 0. The fourth-order valence-corrected chi connectivity index (χ4v) is 3.83. The van der Waals surface area contributed by atoms with E-state index < -0.39 is 5.60 Å². The summed E-state index contributed by atoms with van der Waals surface area (Å²) in [6, 6.07) is 8.28. The highest BCUT2D eigenvalue weighted by molar-refractivity contribution is 5.88. The number of fused-ring (bicyclic) bond motifs is 3. The average molecular weight is 284 g/mol. The topological polar surface area (TPSA) is 56.3 Å². The lowest BCUT2D eigenvalue weighted by molar-refractivity contribution is -0.151. The number of hydrogen-bond acceptors (Lipinski definition) is 2. The molecule has 1 amide bonds. The van der Waals surface area contributed by atoms with Gasteiger partial charge in [0.2, 0.25) is 0 Å². The highest BCUT2D eigenvalue weighted by Crippen LogP contribution is 2.34. The average Bonchev–Trinajstić information content (AvgIpc) is 3.10. The number of benzene rings is 1. The maximum absolute atomic E-state index is 12.6. The highest BCUT2D eigenvalue weighted by Gasteiger charge is 2.42. The number of para-hydroxylation sites is 1. The van der Waals surface area contributed by atoms with E-state index in [0.29, 0.717) is 25.9 Å². The molecule has 4 nitrogen and oxygen atoms in total. The van der Waals surface area contributed by atoms with Gasteiger partial charge in [-0.25, -0.2) is 0 Å². The van der Waals surface area contributed by atoms with Crippen LogP contribution in [0.5, 0.6) is 0 Å². The second kappa shape index (κ2) is 4.60. The Bertz CT molecular complexity index is 698. The first kappa shape index (κ1) is 12.9. The van der Waals surface area contributed by atoms with Crippen LogP contribution in [0.15, 0.2) is 24.3 Å². The van der Waals surface area contributed by atoms with Crippen LogP contribution in [0.25, 0.3) is 10.9 Å². The zero-order valence-electron chi connectivity index (χ0n) is 12.1. The number of nitrogens with zero attached hydrogens (tertiary/aromatic N) is 1. The van der Waals surface area contributed by atoms with Crippen molar-refractivity contribution in [1.82, 2.24) is 9.88 Å². The number of amides is 1. The molecule has 1 aliphatic heterocycles. The number of hydrogen-bond donors (Lipinski definition) is 2. The predicted octanol–water partition coefficient (Wildman–Crippen LogP) is 2.36. The van der Waals surface area contributed by atoms with Crippen LogP contribution in [0.4, 0.5) is 0 Å². The van der Waals surface area contributed by atoms with Crippen LogP contribution in [-0.2, 0) is 17.8 Å². The van der Waals surface area contributed by atoms with Gasteiger partial charge in [-0.3, -0.25) is 4.79 Å². The van der Waals surface area contributed by atoms with Crippen LogP contribution in [0.3, 0.4) is 0 Å². The van der Waals surface area contributed by atoms with E-state index in [4.69, 9.17) is 0 Å². The van der Waals surface area contributed by atoms with Crippen LogP contribution in [0, 0.1) is 0 Å². The zero-order chi connectivity index (χ0) is 14.4. The molecule has 110 valence electrons. The monoisotopic (exact) mass is 284 g/mol. The first-order valence-corrected chi connectivity index (χ1v) is 7.78. The number of rotatable bonds is 1. The third-order valence-corrected chi connectivity index (χ3v) is 5.00. The van der Waals surface area contributed by atoms with Crippen LogP contribution in [-0.4, -0.2) is 33.0 Å². The van der Waals surface area contributed by atoms with Gasteiger partial charge in [-0.05, 0) is 43.7 Å². The Morgan fingerprint density at radius 1 is 1.24 bits per heavy atom. The Kier molecular flexibility index (Phi) is 2.82. The summed E-state index contributed by atoms with van der Waals surface area (Å²) in [7, 11) is 0. The van der Waals surface area contributed by atoms with Gasteiger partial charge in [0.1, 0.15) is 5.60 Å². The van der Waals surface area contributed by atoms with Crippen LogP contribution < -0.4 is 0 Å². The quantitative estimate of drug-likeness (QED) is 0.844. The highest BCUT2D eigenvalue weighted by atomic mass is 16.3. The predicted molar refractivity (Wildman–Crippen MR) is 80.8 cm³/mol. The van der Waals surface area contributed by atoms with Crippen LogP contribution >= 0.6 is 0 Å². The smallest absolute Gasteiger partial charge is 0.254 e. The van der Waals surface area contributed by atoms with Gasteiger partial charge in [0, 0.05) is 23.1 Å². The Morgan fingerprint density at radius 3 is 2.81 bits per heavy atom. The SMILES string of the molecule is O=C(N1CCc2c([nH]c3ccccc23)C1)C1(O)CCCC1. The molecule has 1 fully saturated rings. The Hall–Kier alpha value is -1.81. The molecule has 1 saturated carbocycles. The summed E-state index contributed by atoms with van der Waals surface area (Å²) in [6.07, 6.45) is 3.99. The fourth-order valence-electron chi connectivity index (χ4n) is 3.83. The molecule has 0 spiro atoms. The molecule has 1 aromatic heterocycles. The van der Waals surface area contributed by atoms with E-state index in [1.165, 1.54) is 10.9 Å². The van der Waals surface area contributed by atoms with Crippen LogP contribution in [0.1, 0.15) is 36.9 Å². The minimum Gasteiger partial charge on any atom is -0.380 e. The van der Waals surface area contributed by atoms with Gasteiger partial charge in [-0.2, -0.15) is 0 Å². The maximum Gasteiger partial charge on any atom is 0.254 e. The molecule has 2 aromatic rings. The van der Waals surface area contributed by atoms with Gasteiger partial charge in [-0.15, -0.1) is 0 Å². The maximum atomic E-state index is 12.6. The molecule has 0 radical (unpaired) electrons. The molecule has 21 heavy (non-hydrogen) atoms. The second-order valence-electron chi connectivity index (χ2n) is 6.34. The molecule has 1 aromatic carbocycles. The molecule has 2 heterocycles. The Balaban J connectivity index is 1.63. The van der Waals surface area contributed by atoms with Gasteiger partial charge in [-0.1, -0.05) is 18.2 Å². The summed E-state index contributed by atoms with van der Waals surface area (Å²) >= 11 is 0. The number of carbonyl (C=O) groups is 1. The molecule has 0 saturated heterocycles. The van der Waals surface area contributed by atoms with Gasteiger partial charge < -0.3 is 15.0 Å². The van der Waals surface area contributed by atoms with Crippen molar-refractivity contribution in [3.05, 3.63) is 35.5 Å². The first-order chi connectivity index (χ1) is 10.2. The van der Waals surface area contributed by atoms with Crippen molar-refractivity contribution in [2.45, 2.75) is 44.2 Å². The van der Waals surface area contributed by atoms with Crippen molar-refractivity contribution >= 4 is 16.8 Å². The molecule has 2 N–H and O–H groups in total. The van der Waals surface area contributed by atoms with E-state index in [1.807, 2.05) is 11.0 Å². The summed E-state index contributed by atoms with van der Waals surface area (Å²) in [4.78, 5) is 17.9. The van der Waals surface area contributed by atoms with E-state index in [1.54, 1.807) is 0 Å². The summed E-state index contributed by atoms with van der Waals surface area (Å²) in [5, 5.41) is 11.8. The number of nitrogens with one attached hydrogen (secondary N) is 1.